The predicted molar refractivity (Wildman–Crippen MR) is 228 cm³/mol. The first kappa shape index (κ1) is 65.2. The molecule has 4 fully saturated rings. The van der Waals surface area contributed by atoms with Crippen molar-refractivity contribution in [2.45, 2.75) is 168 Å². The summed E-state index contributed by atoms with van der Waals surface area (Å²) in [6.45, 7) is -1.33. The van der Waals surface area contributed by atoms with Crippen molar-refractivity contribution in [3.8, 4) is 0 Å². The molecule has 0 spiro atoms. The first-order valence-electron chi connectivity index (χ1n) is 21.5. The van der Waals surface area contributed by atoms with Gasteiger partial charge in [0.15, 0.2) is 37.4 Å². The number of carboxylic acids is 2. The number of aliphatic hydroxyl groups excluding tert-OH is 6. The van der Waals surface area contributed by atoms with Gasteiger partial charge in [-0.3, -0.25) is 22.8 Å². The van der Waals surface area contributed by atoms with Crippen LogP contribution in [-0.4, -0.2) is 260 Å². The molecule has 0 aliphatic carbocycles. The van der Waals surface area contributed by atoms with Gasteiger partial charge in [0.05, 0.1) is 13.2 Å². The van der Waals surface area contributed by atoms with E-state index < -0.39 is 200 Å². The van der Waals surface area contributed by atoms with Gasteiger partial charge >= 0.3 is 63.7 Å². The number of aliphatic carboxylic acids is 2. The van der Waals surface area contributed by atoms with E-state index in [0.717, 1.165) is 25.7 Å². The summed E-state index contributed by atoms with van der Waals surface area (Å²) in [5.74, 6) is -4.31. The van der Waals surface area contributed by atoms with Crippen molar-refractivity contribution < 1.29 is 166 Å². The fraction of sp³-hybridized carbons (Fsp3) is 0.938. The van der Waals surface area contributed by atoms with Crippen LogP contribution in [0.4, 0.5) is 0 Å². The van der Waals surface area contributed by atoms with E-state index in [2.05, 4.69) is 12.5 Å². The third-order valence-electron chi connectivity index (χ3n) is 11.1. The van der Waals surface area contributed by atoms with Crippen LogP contribution in [0.15, 0.2) is 0 Å². The van der Waals surface area contributed by atoms with Crippen molar-refractivity contribution in [3.63, 3.8) is 0 Å². The molecule has 4 rings (SSSR count). The van der Waals surface area contributed by atoms with Crippen LogP contribution in [0.25, 0.3) is 0 Å². The SMILES string of the molecule is CCCCCCCCO[C@H]1O[C@H](COS(=O)(=O)O)[C@@H](O[C@@H]2O[C@H](C(=O)O)[C@@H](O[C@H]3O[C@H](COS(=O)(=O)O)[C@@H](O[C@@H]4O[C@H](C(=O)O)[C@@H](O)[C@H](O)[C@H]4O)[C@H](OS(=O)(=O)O)[C@H]3NS(=O)(=O)O)[C@H](O)[C@H]2O)[C@H](O)[C@H]1NS(=O)(=O)O. The number of rotatable bonds is 28. The molecule has 4 saturated heterocycles. The number of nitrogens with one attached hydrogen (secondary N) is 2. The standard InChI is InChI=1S/C32H56N2O36S5/c1-2-3-4-5-6-7-8-60-29-13(33-71(45,46)47)15(35)21(11(63-29)9-61-73(51,52)53)65-32-20(40)18(38)24(26(69-32)28(43)44)67-30-14(34-72(48,49)50)23(70-75(57,58)59)22(12(64-30)10-62-74(54,55)56)66-31-19(39)16(36)17(37)25(68-31)27(41)42/h11-26,29-40H,2-10H2,1H3,(H,41,42)(H,43,44)(H,45,46,47)(H,48,49,50)(H,51,52,53)(H,54,55,56)(H,57,58,59)/t11-,12-,13-,14-,15-,16+,17+,18-,19-,20-,21-,22-,23-,24+,25+,26+,29+,30-,31-,32-/m1/s1. The molecule has 75 heavy (non-hydrogen) atoms. The lowest BCUT2D eigenvalue weighted by molar-refractivity contribution is -0.369. The van der Waals surface area contributed by atoms with Crippen LogP contribution in [0, 0.1) is 0 Å². The average Bonchev–Trinajstić information content (AvgIpc) is 3.26. The van der Waals surface area contributed by atoms with Gasteiger partial charge in [-0.25, -0.2) is 22.1 Å². The summed E-state index contributed by atoms with van der Waals surface area (Å²) in [5.41, 5.74) is 0. The Morgan fingerprint density at radius 1 is 0.467 bits per heavy atom. The number of unbranched alkanes of at least 4 members (excludes halogenated alkanes) is 5. The van der Waals surface area contributed by atoms with Crippen LogP contribution in [0.2, 0.25) is 0 Å². The number of hydrogen-bond donors (Lipinski definition) is 15. The lowest BCUT2D eigenvalue weighted by atomic mass is 9.94. The lowest BCUT2D eigenvalue weighted by Gasteiger charge is -2.49. The summed E-state index contributed by atoms with van der Waals surface area (Å²) in [5, 5.41) is 85.2. The molecule has 0 amide bonds. The molecule has 0 unspecified atom stereocenters. The second-order valence-corrected chi connectivity index (χ2v) is 22.2. The summed E-state index contributed by atoms with van der Waals surface area (Å²) >= 11 is 0. The quantitative estimate of drug-likeness (QED) is 0.0256. The maximum atomic E-state index is 12.8. The van der Waals surface area contributed by atoms with Crippen molar-refractivity contribution >= 4 is 63.7 Å². The van der Waals surface area contributed by atoms with E-state index in [9.17, 15) is 115 Å². The molecule has 20 atom stereocenters. The van der Waals surface area contributed by atoms with Gasteiger partial charge in [-0.2, -0.15) is 51.5 Å². The Morgan fingerprint density at radius 2 is 0.920 bits per heavy atom. The van der Waals surface area contributed by atoms with E-state index in [1.807, 2.05) is 6.92 Å². The first-order chi connectivity index (χ1) is 34.4. The summed E-state index contributed by atoms with van der Waals surface area (Å²) in [6, 6.07) is -5.04. The molecule has 0 aromatic carbocycles. The van der Waals surface area contributed by atoms with Crippen molar-refractivity contribution in [1.29, 1.82) is 0 Å². The fourth-order valence-electron chi connectivity index (χ4n) is 7.85. The Morgan fingerprint density at radius 3 is 1.43 bits per heavy atom. The molecule has 0 bridgehead atoms. The summed E-state index contributed by atoms with van der Waals surface area (Å²) in [6.07, 6.45) is -42.4. The number of hydrogen-bond acceptors (Lipinski definition) is 29. The Kier molecular flexibility index (Phi) is 23.3. The number of ether oxygens (including phenoxy) is 8. The van der Waals surface area contributed by atoms with Gasteiger partial charge in [-0.15, -0.1) is 0 Å². The first-order valence-corrected chi connectivity index (χ1v) is 28.5. The highest BCUT2D eigenvalue weighted by atomic mass is 32.3. The van der Waals surface area contributed by atoms with Crippen LogP contribution < -0.4 is 9.44 Å². The summed E-state index contributed by atoms with van der Waals surface area (Å²) < 4.78 is 227. The van der Waals surface area contributed by atoms with Crippen molar-refractivity contribution in [2.75, 3.05) is 19.8 Å². The highest BCUT2D eigenvalue weighted by Crippen LogP contribution is 2.37. The van der Waals surface area contributed by atoms with Gasteiger partial charge in [0.1, 0.15) is 85.3 Å². The molecule has 0 aromatic rings. The van der Waals surface area contributed by atoms with E-state index in [1.165, 1.54) is 4.72 Å². The molecule has 0 radical (unpaired) electrons. The largest absolute Gasteiger partial charge is 0.479 e. The monoisotopic (exact) mass is 1200 g/mol. The molecule has 4 heterocycles. The second-order valence-electron chi connectivity index (χ2n) is 16.6. The van der Waals surface area contributed by atoms with E-state index in [-0.39, 0.29) is 6.61 Å². The van der Waals surface area contributed by atoms with Crippen molar-refractivity contribution in [3.05, 3.63) is 0 Å². The predicted octanol–water partition coefficient (Wildman–Crippen LogP) is -7.90. The van der Waals surface area contributed by atoms with Crippen LogP contribution in [0.3, 0.4) is 0 Å². The zero-order valence-electron chi connectivity index (χ0n) is 38.2. The van der Waals surface area contributed by atoms with Gasteiger partial charge in [0, 0.05) is 6.61 Å². The molecule has 15 N–H and O–H groups in total. The average molecular weight is 1210 g/mol. The van der Waals surface area contributed by atoms with Crippen LogP contribution in [0.5, 0.6) is 0 Å². The molecule has 440 valence electrons. The molecule has 0 aromatic heterocycles. The van der Waals surface area contributed by atoms with Crippen LogP contribution >= 0.6 is 0 Å². The van der Waals surface area contributed by atoms with Crippen LogP contribution in [-0.2, 0) is 112 Å². The van der Waals surface area contributed by atoms with E-state index in [1.54, 1.807) is 4.72 Å². The maximum absolute atomic E-state index is 12.8. The Balaban J connectivity index is 1.74. The smallest absolute Gasteiger partial charge is 0.397 e. The third kappa shape index (κ3) is 19.5. The minimum Gasteiger partial charge on any atom is -0.479 e. The lowest BCUT2D eigenvalue weighted by Crippen LogP contribution is -2.71. The van der Waals surface area contributed by atoms with Gasteiger partial charge in [-0.1, -0.05) is 39.0 Å². The molecular weight excluding hydrogens is 1150 g/mol. The maximum Gasteiger partial charge on any atom is 0.397 e. The minimum atomic E-state index is -6.06. The topological polar surface area (TPSA) is 593 Å². The third-order valence-corrected chi connectivity index (χ3v) is 13.6. The number of carboxylic acid groups (broad SMARTS) is 2. The van der Waals surface area contributed by atoms with E-state index >= 15 is 0 Å². The summed E-state index contributed by atoms with van der Waals surface area (Å²) in [7, 11) is -28.3. The zero-order chi connectivity index (χ0) is 56.8. The number of aliphatic hydroxyl groups is 6. The minimum absolute atomic E-state index is 0.223. The molecule has 43 heteroatoms. The second kappa shape index (κ2) is 26.8. The molecule has 4 aliphatic heterocycles. The van der Waals surface area contributed by atoms with Crippen LogP contribution in [0.1, 0.15) is 45.4 Å². The fourth-order valence-corrected chi connectivity index (χ4v) is 10.2. The molecular formula is C32H56N2O36S5. The van der Waals surface area contributed by atoms with Crippen molar-refractivity contribution in [1.82, 2.24) is 9.44 Å². The highest BCUT2D eigenvalue weighted by Gasteiger charge is 2.59. The zero-order valence-corrected chi connectivity index (χ0v) is 42.2. The van der Waals surface area contributed by atoms with Gasteiger partial charge in [-0.05, 0) is 6.42 Å². The molecule has 4 aliphatic rings. The number of carbonyl (C=O) groups is 2. The van der Waals surface area contributed by atoms with Gasteiger partial charge in [0.2, 0.25) is 0 Å². The Hall–Kier alpha value is -2.27. The van der Waals surface area contributed by atoms with E-state index in [4.69, 9.17) is 37.9 Å². The molecule has 0 saturated carbocycles. The van der Waals surface area contributed by atoms with Gasteiger partial charge < -0.3 is 78.7 Å². The molecule has 38 nitrogen and oxygen atoms in total. The Bertz CT molecular complexity index is 2470. The van der Waals surface area contributed by atoms with Gasteiger partial charge in [0.25, 0.3) is 0 Å². The Labute approximate surface area is 425 Å². The summed E-state index contributed by atoms with van der Waals surface area (Å²) in [4.78, 5) is 24.6. The normalized spacial score (nSPS) is 37.5. The highest BCUT2D eigenvalue weighted by molar-refractivity contribution is 7.84. The van der Waals surface area contributed by atoms with E-state index in [0.29, 0.717) is 12.8 Å². The van der Waals surface area contributed by atoms with Crippen molar-refractivity contribution in [2.24, 2.45) is 0 Å².